The molecular weight excluding hydrogens is 176 g/mol. The predicted molar refractivity (Wildman–Crippen MR) is 56.8 cm³/mol. The van der Waals surface area contributed by atoms with Crippen molar-refractivity contribution in [2.45, 2.75) is 13.8 Å². The molecule has 14 heavy (non-hydrogen) atoms. The van der Waals surface area contributed by atoms with Crippen molar-refractivity contribution < 1.29 is 9.53 Å². The molecule has 2 nitrogen and oxygen atoms in total. The highest BCUT2D eigenvalue weighted by molar-refractivity contribution is 5.53. The Bertz CT molecular complexity index is 323. The number of carbonyl (C=O) groups is 1. The lowest BCUT2D eigenvalue weighted by Crippen LogP contribution is -1.92. The Morgan fingerprint density at radius 2 is 2.00 bits per heavy atom. The van der Waals surface area contributed by atoms with E-state index in [1.807, 2.05) is 25.1 Å². The molecule has 0 amide bonds. The molecule has 0 fully saturated rings. The van der Waals surface area contributed by atoms with Crippen molar-refractivity contribution >= 4 is 12.5 Å². The van der Waals surface area contributed by atoms with Gasteiger partial charge >= 0.3 is 0 Å². The number of benzene rings is 1. The Balaban J connectivity index is 2.66. The third-order valence-corrected chi connectivity index (χ3v) is 1.87. The normalized spacial score (nSPS) is 11.1. The second-order valence-corrected chi connectivity index (χ2v) is 3.31. The number of aryl methyl sites for hydroxylation is 1. The van der Waals surface area contributed by atoms with Crippen LogP contribution in [0.15, 0.2) is 29.8 Å². The quantitative estimate of drug-likeness (QED) is 0.682. The van der Waals surface area contributed by atoms with E-state index < -0.39 is 0 Å². The molecule has 0 saturated heterocycles. The van der Waals surface area contributed by atoms with Crippen LogP contribution in [0.3, 0.4) is 0 Å². The maximum Gasteiger partial charge on any atom is 0.293 e. The molecule has 0 spiro atoms. The molecular formula is C12H14O2. The maximum atomic E-state index is 9.96. The highest BCUT2D eigenvalue weighted by Crippen LogP contribution is 2.08. The number of carbonyl (C=O) groups excluding carboxylic acids is 1. The summed E-state index contributed by atoms with van der Waals surface area (Å²) in [7, 11) is 0. The summed E-state index contributed by atoms with van der Waals surface area (Å²) in [6.07, 6.45) is 2.00. The summed E-state index contributed by atoms with van der Waals surface area (Å²) in [6, 6.07) is 8.19. The smallest absolute Gasteiger partial charge is 0.293 e. The fraction of sp³-hybridized carbons (Fsp3) is 0.250. The topological polar surface area (TPSA) is 26.3 Å². The van der Waals surface area contributed by atoms with Gasteiger partial charge in [-0.25, -0.2) is 0 Å². The number of hydrogen-bond acceptors (Lipinski definition) is 2. The predicted octanol–water partition coefficient (Wildman–Crippen LogP) is 2.57. The molecule has 1 rings (SSSR count). The van der Waals surface area contributed by atoms with Crippen molar-refractivity contribution in [1.29, 1.82) is 0 Å². The van der Waals surface area contributed by atoms with Crippen LogP contribution in [-0.2, 0) is 9.53 Å². The molecule has 0 aromatic heterocycles. The molecule has 74 valence electrons. The summed E-state index contributed by atoms with van der Waals surface area (Å²) >= 11 is 0. The van der Waals surface area contributed by atoms with Gasteiger partial charge in [0.1, 0.15) is 6.61 Å². The van der Waals surface area contributed by atoms with E-state index in [0.29, 0.717) is 13.1 Å². The zero-order valence-electron chi connectivity index (χ0n) is 8.49. The molecule has 0 aliphatic rings. The van der Waals surface area contributed by atoms with Crippen LogP contribution in [0.5, 0.6) is 0 Å². The molecule has 0 saturated carbocycles. The molecule has 0 unspecified atom stereocenters. The first-order valence-corrected chi connectivity index (χ1v) is 4.51. The Morgan fingerprint density at radius 1 is 1.36 bits per heavy atom. The van der Waals surface area contributed by atoms with Gasteiger partial charge < -0.3 is 4.74 Å². The van der Waals surface area contributed by atoms with Gasteiger partial charge in [-0.2, -0.15) is 0 Å². The van der Waals surface area contributed by atoms with E-state index in [1.54, 1.807) is 0 Å². The monoisotopic (exact) mass is 190 g/mol. The third kappa shape index (κ3) is 3.44. The molecule has 0 radical (unpaired) electrons. The van der Waals surface area contributed by atoms with E-state index in [9.17, 15) is 4.79 Å². The van der Waals surface area contributed by atoms with Crippen LogP contribution in [0.4, 0.5) is 0 Å². The number of hydrogen-bond donors (Lipinski definition) is 0. The Kier molecular flexibility index (Phi) is 3.92. The largest absolute Gasteiger partial charge is 0.463 e. The van der Waals surface area contributed by atoms with Gasteiger partial charge in [-0.1, -0.05) is 35.9 Å². The van der Waals surface area contributed by atoms with Crippen LogP contribution in [0, 0.1) is 6.92 Å². The van der Waals surface area contributed by atoms with Crippen LogP contribution < -0.4 is 0 Å². The Hall–Kier alpha value is -1.57. The van der Waals surface area contributed by atoms with Gasteiger partial charge in [-0.15, -0.1) is 0 Å². The average Bonchev–Trinajstić information content (AvgIpc) is 2.18. The van der Waals surface area contributed by atoms with Crippen molar-refractivity contribution in [1.82, 2.24) is 0 Å². The van der Waals surface area contributed by atoms with Crippen LogP contribution >= 0.6 is 0 Å². The standard InChI is InChI=1S/C12H14O2/c1-10-3-5-12(6-4-10)7-11(2)8-14-9-13/h3-7,9H,8H2,1-2H3/b11-7+. The first-order valence-electron chi connectivity index (χ1n) is 4.51. The van der Waals surface area contributed by atoms with Crippen molar-refractivity contribution in [3.8, 4) is 0 Å². The fourth-order valence-corrected chi connectivity index (χ4v) is 1.15. The molecule has 0 N–H and O–H groups in total. The lowest BCUT2D eigenvalue weighted by molar-refractivity contribution is -0.127. The minimum Gasteiger partial charge on any atom is -0.463 e. The van der Waals surface area contributed by atoms with Crippen molar-refractivity contribution in [3.05, 3.63) is 41.0 Å². The van der Waals surface area contributed by atoms with Gasteiger partial charge in [-0.3, -0.25) is 4.79 Å². The van der Waals surface area contributed by atoms with Crippen LogP contribution in [0.1, 0.15) is 18.1 Å². The Labute approximate surface area is 84.2 Å². The summed E-state index contributed by atoms with van der Waals surface area (Å²) in [5, 5.41) is 0. The van der Waals surface area contributed by atoms with Crippen LogP contribution in [0.25, 0.3) is 6.08 Å². The molecule has 0 bridgehead atoms. The van der Waals surface area contributed by atoms with E-state index in [4.69, 9.17) is 0 Å². The fourth-order valence-electron chi connectivity index (χ4n) is 1.15. The average molecular weight is 190 g/mol. The molecule has 2 heteroatoms. The van der Waals surface area contributed by atoms with Crippen molar-refractivity contribution in [3.63, 3.8) is 0 Å². The maximum absolute atomic E-state index is 9.96. The summed E-state index contributed by atoms with van der Waals surface area (Å²) in [6.45, 7) is 4.81. The van der Waals surface area contributed by atoms with E-state index in [1.165, 1.54) is 5.56 Å². The van der Waals surface area contributed by atoms with E-state index in [-0.39, 0.29) is 0 Å². The zero-order valence-corrected chi connectivity index (χ0v) is 8.49. The minimum atomic E-state index is 0.359. The number of rotatable bonds is 4. The van der Waals surface area contributed by atoms with Gasteiger partial charge in [0.05, 0.1) is 0 Å². The highest BCUT2D eigenvalue weighted by atomic mass is 16.5. The van der Waals surface area contributed by atoms with Gasteiger partial charge in [0.2, 0.25) is 0 Å². The highest BCUT2D eigenvalue weighted by Gasteiger charge is 1.91. The zero-order chi connectivity index (χ0) is 10.4. The molecule has 0 aliphatic heterocycles. The third-order valence-electron chi connectivity index (χ3n) is 1.87. The van der Waals surface area contributed by atoms with Crippen LogP contribution in [-0.4, -0.2) is 13.1 Å². The van der Waals surface area contributed by atoms with Gasteiger partial charge in [0, 0.05) is 0 Å². The molecule has 1 aromatic carbocycles. The van der Waals surface area contributed by atoms with Crippen LogP contribution in [0.2, 0.25) is 0 Å². The Morgan fingerprint density at radius 3 is 2.57 bits per heavy atom. The minimum absolute atomic E-state index is 0.359. The summed E-state index contributed by atoms with van der Waals surface area (Å²) in [4.78, 5) is 9.96. The van der Waals surface area contributed by atoms with E-state index in [2.05, 4.69) is 23.8 Å². The van der Waals surface area contributed by atoms with E-state index in [0.717, 1.165) is 11.1 Å². The molecule has 0 atom stereocenters. The number of ether oxygens (including phenoxy) is 1. The second-order valence-electron chi connectivity index (χ2n) is 3.31. The SMILES string of the molecule is C/C(=C\c1ccc(C)cc1)COC=O. The van der Waals surface area contributed by atoms with Gasteiger partial charge in [0.25, 0.3) is 6.47 Å². The van der Waals surface area contributed by atoms with Crippen molar-refractivity contribution in [2.24, 2.45) is 0 Å². The molecule has 0 heterocycles. The lowest BCUT2D eigenvalue weighted by atomic mass is 10.1. The molecule has 1 aromatic rings. The second kappa shape index (κ2) is 5.22. The summed E-state index contributed by atoms with van der Waals surface area (Å²) in [5.74, 6) is 0. The summed E-state index contributed by atoms with van der Waals surface area (Å²) < 4.78 is 4.64. The van der Waals surface area contributed by atoms with E-state index >= 15 is 0 Å². The van der Waals surface area contributed by atoms with Crippen molar-refractivity contribution in [2.75, 3.05) is 6.61 Å². The summed E-state index contributed by atoms with van der Waals surface area (Å²) in [5.41, 5.74) is 3.40. The van der Waals surface area contributed by atoms with Gasteiger partial charge in [0.15, 0.2) is 0 Å². The lowest BCUT2D eigenvalue weighted by Gasteiger charge is -2.00. The molecule has 0 aliphatic carbocycles. The first-order chi connectivity index (χ1) is 6.72. The first kappa shape index (κ1) is 10.5. The van der Waals surface area contributed by atoms with Gasteiger partial charge in [-0.05, 0) is 25.0 Å².